The maximum Gasteiger partial charge on any atom is 0.136 e. The van der Waals surface area contributed by atoms with E-state index in [0.29, 0.717) is 0 Å². The van der Waals surface area contributed by atoms with Gasteiger partial charge in [0.2, 0.25) is 0 Å². The van der Waals surface area contributed by atoms with Crippen molar-refractivity contribution in [2.75, 3.05) is 4.90 Å². The third-order valence-corrected chi connectivity index (χ3v) is 12.8. The fourth-order valence-electron chi connectivity index (χ4n) is 10.3. The first-order valence-corrected chi connectivity index (χ1v) is 21.0. The summed E-state index contributed by atoms with van der Waals surface area (Å²) in [6.45, 7) is 3.81. The summed E-state index contributed by atoms with van der Waals surface area (Å²) in [6.07, 6.45) is 9.93. The van der Waals surface area contributed by atoms with Crippen LogP contribution in [-0.2, 0) is 5.41 Å². The summed E-state index contributed by atoms with van der Waals surface area (Å²) in [6, 6.07) is 71.4. The highest BCUT2D eigenvalue weighted by atomic mass is 16.3. The van der Waals surface area contributed by atoms with Gasteiger partial charge >= 0.3 is 0 Å². The van der Waals surface area contributed by atoms with Crippen LogP contribution in [0.1, 0.15) is 27.8 Å². The van der Waals surface area contributed by atoms with Crippen LogP contribution in [0.5, 0.6) is 0 Å². The minimum absolute atomic E-state index is 0.453. The van der Waals surface area contributed by atoms with E-state index in [0.717, 1.165) is 55.7 Å². The van der Waals surface area contributed by atoms with Gasteiger partial charge in [-0.25, -0.2) is 0 Å². The van der Waals surface area contributed by atoms with Crippen molar-refractivity contribution in [1.82, 2.24) is 0 Å². The van der Waals surface area contributed by atoms with Crippen LogP contribution < -0.4 is 4.90 Å². The van der Waals surface area contributed by atoms with Crippen molar-refractivity contribution >= 4 is 55.8 Å². The number of hydrogen-bond acceptors (Lipinski definition) is 2. The van der Waals surface area contributed by atoms with E-state index >= 15 is 0 Å². The molecule has 2 heteroatoms. The van der Waals surface area contributed by atoms with E-state index in [2.05, 4.69) is 218 Å². The molecule has 61 heavy (non-hydrogen) atoms. The zero-order valence-corrected chi connectivity index (χ0v) is 33.4. The van der Waals surface area contributed by atoms with E-state index in [4.69, 9.17) is 4.42 Å². The van der Waals surface area contributed by atoms with E-state index in [1.807, 2.05) is 12.2 Å². The lowest BCUT2D eigenvalue weighted by atomic mass is 9.70. The van der Waals surface area contributed by atoms with Gasteiger partial charge in [0.05, 0.1) is 16.8 Å². The molecule has 0 aliphatic heterocycles. The number of allylic oxidation sites excluding steroid dienone is 4. The molecule has 0 saturated carbocycles. The number of anilines is 3. The van der Waals surface area contributed by atoms with Gasteiger partial charge in [-0.2, -0.15) is 0 Å². The topological polar surface area (TPSA) is 16.4 Å². The van der Waals surface area contributed by atoms with Crippen molar-refractivity contribution in [2.45, 2.75) is 5.41 Å². The lowest BCUT2D eigenvalue weighted by molar-refractivity contribution is 0.669. The second kappa shape index (κ2) is 13.8. The second-order valence-corrected chi connectivity index (χ2v) is 16.0. The summed E-state index contributed by atoms with van der Waals surface area (Å²) in [5.74, 6) is 0. The van der Waals surface area contributed by atoms with Gasteiger partial charge in [0, 0.05) is 27.6 Å². The van der Waals surface area contributed by atoms with Gasteiger partial charge in [0.1, 0.15) is 11.2 Å². The third kappa shape index (κ3) is 5.22. The van der Waals surface area contributed by atoms with Crippen LogP contribution in [0.3, 0.4) is 0 Å². The molecule has 0 unspecified atom stereocenters. The number of hydrogen-bond donors (Lipinski definition) is 0. The molecule has 0 fully saturated rings. The molecule has 1 spiro atoms. The molecule has 1 aromatic heterocycles. The molecular formula is C59H39NO. The van der Waals surface area contributed by atoms with Gasteiger partial charge in [0.25, 0.3) is 0 Å². The van der Waals surface area contributed by atoms with E-state index in [1.54, 1.807) is 6.08 Å². The molecule has 9 aromatic carbocycles. The van der Waals surface area contributed by atoms with Gasteiger partial charge in [-0.3, -0.25) is 0 Å². The molecule has 0 atom stereocenters. The molecule has 286 valence electrons. The first-order chi connectivity index (χ1) is 30.2. The molecule has 1 heterocycles. The smallest absolute Gasteiger partial charge is 0.136 e. The quantitative estimate of drug-likeness (QED) is 0.150. The van der Waals surface area contributed by atoms with E-state index in [-0.39, 0.29) is 0 Å². The Bertz CT molecular complexity index is 3410. The normalized spacial score (nSPS) is 13.3. The highest BCUT2D eigenvalue weighted by molar-refractivity contribution is 6.11. The Morgan fingerprint density at radius 2 is 1.03 bits per heavy atom. The number of para-hydroxylation sites is 1. The van der Waals surface area contributed by atoms with Gasteiger partial charge in [-0.15, -0.1) is 0 Å². The summed E-state index contributed by atoms with van der Waals surface area (Å²) in [4.78, 5) is 2.48. The predicted octanol–water partition coefficient (Wildman–Crippen LogP) is 16.0. The third-order valence-electron chi connectivity index (χ3n) is 12.8. The van der Waals surface area contributed by atoms with E-state index in [9.17, 15) is 0 Å². The summed E-state index contributed by atoms with van der Waals surface area (Å²) in [7, 11) is 0. The number of fused-ring (bicyclic) bond motifs is 14. The van der Waals surface area contributed by atoms with Crippen molar-refractivity contribution < 1.29 is 4.42 Å². The first-order valence-electron chi connectivity index (χ1n) is 21.0. The van der Waals surface area contributed by atoms with Gasteiger partial charge < -0.3 is 9.32 Å². The van der Waals surface area contributed by atoms with Gasteiger partial charge in [-0.05, 0) is 109 Å². The standard InChI is InChI=1S/C59H39NO/c1-2-3-4-5-17-39-30-33-43(34-31-39)60(54-28-15-11-20-44(54)42-32-35-56-48(37-42)49-36-40-18-6-7-19-41(40)38-57(49)61-56)55-29-16-27-53-58(55)47-23-10-14-26-52(47)59(53)50-24-12-8-21-45(50)46-22-9-13-25-51(46)59/h2-38H,1H2/b4-3-,17-5+. The summed E-state index contributed by atoms with van der Waals surface area (Å²) < 4.78 is 6.47. The first kappa shape index (κ1) is 35.0. The summed E-state index contributed by atoms with van der Waals surface area (Å²) in [5.41, 5.74) is 18.4. The number of nitrogens with zero attached hydrogens (tertiary/aromatic N) is 1. The Morgan fingerprint density at radius 1 is 0.443 bits per heavy atom. The van der Waals surface area contributed by atoms with Crippen molar-refractivity contribution in [1.29, 1.82) is 0 Å². The molecule has 0 radical (unpaired) electrons. The zero-order chi connectivity index (χ0) is 40.5. The molecule has 12 rings (SSSR count). The van der Waals surface area contributed by atoms with Gasteiger partial charge in [0.15, 0.2) is 0 Å². The minimum Gasteiger partial charge on any atom is -0.456 e. The lowest BCUT2D eigenvalue weighted by Crippen LogP contribution is -2.26. The lowest BCUT2D eigenvalue weighted by Gasteiger charge is -2.32. The predicted molar refractivity (Wildman–Crippen MR) is 256 cm³/mol. The monoisotopic (exact) mass is 777 g/mol. The van der Waals surface area contributed by atoms with Crippen LogP contribution in [0, 0.1) is 0 Å². The Morgan fingerprint density at radius 3 is 1.77 bits per heavy atom. The molecular weight excluding hydrogens is 739 g/mol. The molecule has 0 amide bonds. The van der Waals surface area contributed by atoms with E-state index < -0.39 is 5.41 Å². The van der Waals surface area contributed by atoms with Crippen LogP contribution in [0.4, 0.5) is 17.1 Å². The summed E-state index contributed by atoms with van der Waals surface area (Å²) in [5, 5.41) is 4.61. The molecule has 0 N–H and O–H groups in total. The Kier molecular flexibility index (Phi) is 7.95. The average Bonchev–Trinajstić information content (AvgIpc) is 3.94. The summed E-state index contributed by atoms with van der Waals surface area (Å²) >= 11 is 0. The van der Waals surface area contributed by atoms with Crippen LogP contribution in [-0.4, -0.2) is 0 Å². The SMILES string of the molecule is C=C/C=C\C=C\c1ccc(N(c2ccccc2-c2ccc3oc4cc5ccccc5cc4c3c2)c2cccc3c2-c2ccccc2C32c3ccccc3-c3ccccc32)cc1. The van der Waals surface area contributed by atoms with Crippen LogP contribution in [0.25, 0.3) is 72.2 Å². The van der Waals surface area contributed by atoms with Crippen molar-refractivity contribution in [3.63, 3.8) is 0 Å². The molecule has 0 bridgehead atoms. The van der Waals surface area contributed by atoms with Crippen LogP contribution in [0.15, 0.2) is 229 Å². The fourth-order valence-corrected chi connectivity index (χ4v) is 10.3. The molecule has 2 aliphatic carbocycles. The highest BCUT2D eigenvalue weighted by Crippen LogP contribution is 2.64. The van der Waals surface area contributed by atoms with Crippen molar-refractivity contribution in [2.24, 2.45) is 0 Å². The molecule has 2 aliphatic rings. The highest BCUT2D eigenvalue weighted by Gasteiger charge is 2.52. The van der Waals surface area contributed by atoms with Crippen LogP contribution >= 0.6 is 0 Å². The number of furan rings is 1. The Labute approximate surface area is 355 Å². The Balaban J connectivity index is 1.10. The van der Waals surface area contributed by atoms with Gasteiger partial charge in [-0.1, -0.05) is 183 Å². The fraction of sp³-hybridized carbons (Fsp3) is 0.0169. The Hall–Kier alpha value is -7.94. The zero-order valence-electron chi connectivity index (χ0n) is 33.4. The van der Waals surface area contributed by atoms with Crippen LogP contribution in [0.2, 0.25) is 0 Å². The largest absolute Gasteiger partial charge is 0.456 e. The number of benzene rings is 9. The maximum absolute atomic E-state index is 6.47. The van der Waals surface area contributed by atoms with Crippen molar-refractivity contribution in [3.05, 3.63) is 253 Å². The molecule has 0 saturated heterocycles. The molecule has 10 aromatic rings. The van der Waals surface area contributed by atoms with Crippen molar-refractivity contribution in [3.8, 4) is 33.4 Å². The molecule has 2 nitrogen and oxygen atoms in total. The maximum atomic E-state index is 6.47. The number of rotatable bonds is 7. The van der Waals surface area contributed by atoms with E-state index in [1.165, 1.54) is 55.3 Å². The average molecular weight is 778 g/mol. The minimum atomic E-state index is -0.453. The second-order valence-electron chi connectivity index (χ2n) is 16.0.